The lowest BCUT2D eigenvalue weighted by molar-refractivity contribution is -0.120. The fraction of sp³-hybridized carbons (Fsp3) is 0.167. The van der Waals surface area contributed by atoms with E-state index in [4.69, 9.17) is 11.5 Å². The number of aliphatic hydroxyl groups excluding tert-OH is 1. The van der Waals surface area contributed by atoms with Crippen molar-refractivity contribution >= 4 is 11.8 Å². The molecule has 1 rings (SSSR count). The molecule has 1 atom stereocenters. The van der Waals surface area contributed by atoms with E-state index in [-0.39, 0.29) is 0 Å². The van der Waals surface area contributed by atoms with Crippen LogP contribution in [0.15, 0.2) is 42.2 Å². The van der Waals surface area contributed by atoms with E-state index < -0.39 is 23.5 Å². The summed E-state index contributed by atoms with van der Waals surface area (Å²) >= 11 is 0. The maximum absolute atomic E-state index is 11.2. The van der Waals surface area contributed by atoms with Crippen molar-refractivity contribution in [1.29, 1.82) is 0 Å². The average Bonchev–Trinajstić information content (AvgIpc) is 2.29. The fourth-order valence-corrected chi connectivity index (χ4v) is 1.38. The smallest absolute Gasteiger partial charge is 0.283 e. The van der Waals surface area contributed by atoms with Gasteiger partial charge in [-0.1, -0.05) is 30.3 Å². The van der Waals surface area contributed by atoms with Crippen molar-refractivity contribution < 1.29 is 14.7 Å². The zero-order valence-electron chi connectivity index (χ0n) is 9.17. The summed E-state index contributed by atoms with van der Waals surface area (Å²) in [5.41, 5.74) is 10.9. The van der Waals surface area contributed by atoms with Gasteiger partial charge in [-0.25, -0.2) is 0 Å². The summed E-state index contributed by atoms with van der Waals surface area (Å²) in [6, 6.07) is 9.14. The van der Waals surface area contributed by atoms with Crippen LogP contribution in [0.2, 0.25) is 0 Å². The highest BCUT2D eigenvalue weighted by Crippen LogP contribution is 2.11. The summed E-state index contributed by atoms with van der Waals surface area (Å²) < 4.78 is 0. The van der Waals surface area contributed by atoms with Gasteiger partial charge in [0.1, 0.15) is 0 Å². The van der Waals surface area contributed by atoms with Crippen LogP contribution >= 0.6 is 0 Å². The first-order valence-corrected chi connectivity index (χ1v) is 5.04. The maximum Gasteiger partial charge on any atom is 0.283 e. The summed E-state index contributed by atoms with van der Waals surface area (Å²) in [4.78, 5) is 21.8. The van der Waals surface area contributed by atoms with Crippen LogP contribution < -0.4 is 11.5 Å². The Bertz CT molecular complexity index is 440. The standard InChI is InChI=1S/C12H14N2O3/c13-11(16)9(7-10(15)12(14)17)6-8-4-2-1-3-5-8/h1-5,7,9,15H,6H2,(H2,13,16)(H2,14,17)/t9-/m0/s1. The molecule has 90 valence electrons. The molecule has 0 radical (unpaired) electrons. The zero-order valence-corrected chi connectivity index (χ0v) is 9.17. The Balaban J connectivity index is 2.85. The van der Waals surface area contributed by atoms with Crippen molar-refractivity contribution in [3.05, 3.63) is 47.7 Å². The summed E-state index contributed by atoms with van der Waals surface area (Å²) in [5, 5.41) is 9.20. The second kappa shape index (κ2) is 5.69. The summed E-state index contributed by atoms with van der Waals surface area (Å²) in [5.74, 6) is -3.01. The van der Waals surface area contributed by atoms with Gasteiger partial charge < -0.3 is 16.6 Å². The van der Waals surface area contributed by atoms with Gasteiger partial charge in [-0.05, 0) is 18.1 Å². The van der Waals surface area contributed by atoms with Gasteiger partial charge in [-0.3, -0.25) is 9.59 Å². The van der Waals surface area contributed by atoms with E-state index in [1.54, 1.807) is 0 Å². The number of amides is 2. The molecular weight excluding hydrogens is 220 g/mol. The minimum Gasteiger partial charge on any atom is -0.503 e. The summed E-state index contributed by atoms with van der Waals surface area (Å²) in [7, 11) is 0. The highest BCUT2D eigenvalue weighted by Gasteiger charge is 2.16. The lowest BCUT2D eigenvalue weighted by Gasteiger charge is -2.09. The second-order valence-electron chi connectivity index (χ2n) is 3.61. The molecular formula is C12H14N2O3. The third-order valence-electron chi connectivity index (χ3n) is 2.28. The lowest BCUT2D eigenvalue weighted by Crippen LogP contribution is -2.25. The monoisotopic (exact) mass is 234 g/mol. The molecule has 0 heterocycles. The molecule has 0 saturated heterocycles. The quantitative estimate of drug-likeness (QED) is 0.502. The third kappa shape index (κ3) is 3.98. The minimum absolute atomic E-state index is 0.313. The number of hydrogen-bond acceptors (Lipinski definition) is 3. The molecule has 1 aromatic rings. The second-order valence-corrected chi connectivity index (χ2v) is 3.61. The van der Waals surface area contributed by atoms with Gasteiger partial charge in [0.2, 0.25) is 5.91 Å². The fourth-order valence-electron chi connectivity index (χ4n) is 1.38. The van der Waals surface area contributed by atoms with E-state index in [9.17, 15) is 14.7 Å². The predicted octanol–water partition coefficient (Wildman–Crippen LogP) is 0.258. The van der Waals surface area contributed by atoms with E-state index in [1.807, 2.05) is 30.3 Å². The molecule has 0 saturated carbocycles. The van der Waals surface area contributed by atoms with Crippen LogP contribution in [-0.2, 0) is 16.0 Å². The Morgan fingerprint density at radius 3 is 2.29 bits per heavy atom. The molecule has 0 fully saturated rings. The number of nitrogens with two attached hydrogens (primary N) is 2. The highest BCUT2D eigenvalue weighted by atomic mass is 16.3. The predicted molar refractivity (Wildman–Crippen MR) is 62.7 cm³/mol. The van der Waals surface area contributed by atoms with E-state index in [0.717, 1.165) is 11.6 Å². The van der Waals surface area contributed by atoms with E-state index >= 15 is 0 Å². The van der Waals surface area contributed by atoms with Crippen molar-refractivity contribution in [2.24, 2.45) is 17.4 Å². The van der Waals surface area contributed by atoms with Crippen LogP contribution in [0.1, 0.15) is 5.56 Å². The molecule has 17 heavy (non-hydrogen) atoms. The molecule has 0 aromatic heterocycles. The van der Waals surface area contributed by atoms with E-state index in [2.05, 4.69) is 0 Å². The van der Waals surface area contributed by atoms with Crippen LogP contribution in [0.25, 0.3) is 0 Å². The number of primary amides is 2. The molecule has 0 aliphatic carbocycles. The average molecular weight is 234 g/mol. The topological polar surface area (TPSA) is 106 Å². The molecule has 0 bridgehead atoms. The van der Waals surface area contributed by atoms with Crippen molar-refractivity contribution in [1.82, 2.24) is 0 Å². The van der Waals surface area contributed by atoms with Crippen molar-refractivity contribution in [2.75, 3.05) is 0 Å². The van der Waals surface area contributed by atoms with E-state index in [0.29, 0.717) is 6.42 Å². The van der Waals surface area contributed by atoms with Crippen LogP contribution in [0.3, 0.4) is 0 Å². The van der Waals surface area contributed by atoms with Gasteiger partial charge in [-0.2, -0.15) is 0 Å². The normalized spacial score (nSPS) is 13.1. The first-order valence-electron chi connectivity index (χ1n) is 5.04. The van der Waals surface area contributed by atoms with Gasteiger partial charge in [-0.15, -0.1) is 0 Å². The number of benzene rings is 1. The molecule has 2 amide bonds. The van der Waals surface area contributed by atoms with Gasteiger partial charge in [0.05, 0.1) is 5.92 Å². The first kappa shape index (κ1) is 12.8. The van der Waals surface area contributed by atoms with Crippen LogP contribution in [0.5, 0.6) is 0 Å². The van der Waals surface area contributed by atoms with Gasteiger partial charge in [0.25, 0.3) is 5.91 Å². The van der Waals surface area contributed by atoms with Crippen LogP contribution in [-0.4, -0.2) is 16.9 Å². The van der Waals surface area contributed by atoms with Gasteiger partial charge in [0, 0.05) is 0 Å². The van der Waals surface area contributed by atoms with Crippen molar-refractivity contribution in [3.8, 4) is 0 Å². The number of hydrogen-bond donors (Lipinski definition) is 3. The molecule has 5 heteroatoms. The lowest BCUT2D eigenvalue weighted by atomic mass is 9.98. The Morgan fingerprint density at radius 1 is 1.24 bits per heavy atom. The molecule has 0 unspecified atom stereocenters. The number of carbonyl (C=O) groups excluding carboxylic acids is 2. The zero-order chi connectivity index (χ0) is 12.8. The van der Waals surface area contributed by atoms with Crippen molar-refractivity contribution in [2.45, 2.75) is 6.42 Å². The van der Waals surface area contributed by atoms with Crippen molar-refractivity contribution in [3.63, 3.8) is 0 Å². The molecule has 1 aromatic carbocycles. The van der Waals surface area contributed by atoms with E-state index in [1.165, 1.54) is 0 Å². The maximum atomic E-state index is 11.2. The van der Waals surface area contributed by atoms with Crippen LogP contribution in [0.4, 0.5) is 0 Å². The minimum atomic E-state index is -0.982. The largest absolute Gasteiger partial charge is 0.503 e. The SMILES string of the molecule is NC(=O)C(O)=C[C@H](Cc1ccccc1)C(N)=O. The van der Waals surface area contributed by atoms with Gasteiger partial charge >= 0.3 is 0 Å². The molecule has 0 aliphatic rings. The Hall–Kier alpha value is -2.30. The summed E-state index contributed by atoms with van der Waals surface area (Å²) in [6.07, 6.45) is 1.39. The Morgan fingerprint density at radius 2 is 1.82 bits per heavy atom. The number of carbonyl (C=O) groups is 2. The number of aliphatic hydroxyl groups is 1. The highest BCUT2D eigenvalue weighted by molar-refractivity contribution is 5.90. The van der Waals surface area contributed by atoms with Crippen LogP contribution in [0, 0.1) is 5.92 Å². The molecule has 0 aliphatic heterocycles. The Kier molecular flexibility index (Phi) is 4.28. The third-order valence-corrected chi connectivity index (χ3v) is 2.28. The Labute approximate surface area is 98.7 Å². The van der Waals surface area contributed by atoms with Gasteiger partial charge in [0.15, 0.2) is 5.76 Å². The number of rotatable bonds is 5. The molecule has 0 spiro atoms. The summed E-state index contributed by atoms with van der Waals surface area (Å²) in [6.45, 7) is 0. The molecule has 5 N–H and O–H groups in total. The first-order chi connectivity index (χ1) is 8.00. The molecule has 5 nitrogen and oxygen atoms in total.